The Hall–Kier alpha value is -1.28. The molecule has 0 aliphatic rings. The molecule has 0 unspecified atom stereocenters. The second-order valence-corrected chi connectivity index (χ2v) is 3.07. The second-order valence-electron chi connectivity index (χ2n) is 2.66. The van der Waals surface area contributed by atoms with Gasteiger partial charge in [0.2, 0.25) is 0 Å². The Morgan fingerprint density at radius 3 is 2.77 bits per heavy atom. The van der Waals surface area contributed by atoms with Crippen molar-refractivity contribution in [3.8, 4) is 0 Å². The molecule has 1 aromatic rings. The van der Waals surface area contributed by atoms with Crippen LogP contribution in [0.25, 0.3) is 6.08 Å². The highest BCUT2D eigenvalue weighted by molar-refractivity contribution is 6.31. The first kappa shape index (κ1) is 9.81. The van der Waals surface area contributed by atoms with Gasteiger partial charge < -0.3 is 9.90 Å². The lowest BCUT2D eigenvalue weighted by Gasteiger charge is -1.99. The zero-order valence-corrected chi connectivity index (χ0v) is 7.84. The van der Waals surface area contributed by atoms with Gasteiger partial charge in [-0.15, -0.1) is 0 Å². The summed E-state index contributed by atoms with van der Waals surface area (Å²) in [6.45, 7) is 1.88. The highest BCUT2D eigenvalue weighted by Gasteiger charge is 1.93. The standard InChI is InChI=1S/C10H9ClO2/c1-7-2-3-8(6-9(7)11)4-5-10(12)13/h2-6H,1H3,(H,12,13)/p-1/b5-4+. The van der Waals surface area contributed by atoms with Crippen molar-refractivity contribution in [3.05, 3.63) is 40.4 Å². The van der Waals surface area contributed by atoms with Crippen LogP contribution >= 0.6 is 11.6 Å². The molecule has 0 aliphatic heterocycles. The van der Waals surface area contributed by atoms with Crippen LogP contribution in [0, 0.1) is 6.92 Å². The largest absolute Gasteiger partial charge is 0.545 e. The van der Waals surface area contributed by atoms with Crippen LogP contribution in [0.1, 0.15) is 11.1 Å². The van der Waals surface area contributed by atoms with Crippen molar-refractivity contribution < 1.29 is 9.90 Å². The van der Waals surface area contributed by atoms with Crippen LogP contribution in [0.15, 0.2) is 24.3 Å². The predicted octanol–water partition coefficient (Wildman–Crippen LogP) is 1.41. The van der Waals surface area contributed by atoms with Crippen molar-refractivity contribution in [2.45, 2.75) is 6.92 Å². The number of carbonyl (C=O) groups excluding carboxylic acids is 1. The van der Waals surface area contributed by atoms with Crippen molar-refractivity contribution in [3.63, 3.8) is 0 Å². The molecule has 0 radical (unpaired) electrons. The van der Waals surface area contributed by atoms with Gasteiger partial charge in [0.25, 0.3) is 0 Å². The Morgan fingerprint density at radius 1 is 1.54 bits per heavy atom. The van der Waals surface area contributed by atoms with E-state index < -0.39 is 5.97 Å². The first-order valence-corrected chi connectivity index (χ1v) is 4.12. The summed E-state index contributed by atoms with van der Waals surface area (Å²) in [6.07, 6.45) is 2.42. The average Bonchev–Trinajstić information content (AvgIpc) is 2.07. The van der Waals surface area contributed by atoms with E-state index in [0.717, 1.165) is 17.2 Å². The molecule has 0 spiro atoms. The van der Waals surface area contributed by atoms with Crippen LogP contribution in [0.5, 0.6) is 0 Å². The lowest BCUT2D eigenvalue weighted by molar-refractivity contribution is -0.297. The molecule has 0 heterocycles. The number of aliphatic carboxylic acids is 1. The molecule has 0 fully saturated rings. The highest BCUT2D eigenvalue weighted by atomic mass is 35.5. The van der Waals surface area contributed by atoms with E-state index in [1.807, 2.05) is 13.0 Å². The molecular formula is C10H8ClO2-. The molecule has 13 heavy (non-hydrogen) atoms. The maximum Gasteiger partial charge on any atom is 0.0643 e. The molecule has 68 valence electrons. The third kappa shape index (κ3) is 2.92. The van der Waals surface area contributed by atoms with Gasteiger partial charge >= 0.3 is 0 Å². The van der Waals surface area contributed by atoms with Crippen molar-refractivity contribution in [1.82, 2.24) is 0 Å². The molecule has 0 aliphatic carbocycles. The van der Waals surface area contributed by atoms with E-state index in [4.69, 9.17) is 11.6 Å². The summed E-state index contributed by atoms with van der Waals surface area (Å²) in [5.41, 5.74) is 1.71. The van der Waals surface area contributed by atoms with E-state index >= 15 is 0 Å². The highest BCUT2D eigenvalue weighted by Crippen LogP contribution is 2.17. The Kier molecular flexibility index (Phi) is 3.09. The molecule has 3 heteroatoms. The minimum atomic E-state index is -1.21. The molecule has 0 bridgehead atoms. The van der Waals surface area contributed by atoms with Crippen LogP contribution in [-0.4, -0.2) is 5.97 Å². The number of carboxylic acids is 1. The van der Waals surface area contributed by atoms with Gasteiger partial charge in [0.05, 0.1) is 5.97 Å². The summed E-state index contributed by atoms with van der Waals surface area (Å²) in [6, 6.07) is 5.33. The van der Waals surface area contributed by atoms with E-state index in [0.29, 0.717) is 5.02 Å². The Bertz CT molecular complexity index is 356. The van der Waals surface area contributed by atoms with Crippen LogP contribution < -0.4 is 5.11 Å². The molecule has 0 atom stereocenters. The van der Waals surface area contributed by atoms with Gasteiger partial charge in [-0.3, -0.25) is 0 Å². The monoisotopic (exact) mass is 195 g/mol. The third-order valence-electron chi connectivity index (χ3n) is 1.61. The van der Waals surface area contributed by atoms with Gasteiger partial charge in [0.15, 0.2) is 0 Å². The topological polar surface area (TPSA) is 40.1 Å². The minimum absolute atomic E-state index is 0.625. The van der Waals surface area contributed by atoms with E-state index in [9.17, 15) is 9.90 Å². The Balaban J connectivity index is 2.92. The van der Waals surface area contributed by atoms with Gasteiger partial charge in [-0.25, -0.2) is 0 Å². The fourth-order valence-electron chi connectivity index (χ4n) is 0.877. The lowest BCUT2D eigenvalue weighted by Crippen LogP contribution is -2.18. The van der Waals surface area contributed by atoms with Gasteiger partial charge in [-0.1, -0.05) is 29.8 Å². The minimum Gasteiger partial charge on any atom is -0.545 e. The molecule has 0 saturated heterocycles. The molecule has 1 aromatic carbocycles. The van der Waals surface area contributed by atoms with Gasteiger partial charge in [0.1, 0.15) is 0 Å². The van der Waals surface area contributed by atoms with Crippen LogP contribution in [0.2, 0.25) is 5.02 Å². The summed E-state index contributed by atoms with van der Waals surface area (Å²) < 4.78 is 0. The molecule has 2 nitrogen and oxygen atoms in total. The maximum absolute atomic E-state index is 10.1. The van der Waals surface area contributed by atoms with Gasteiger partial charge in [-0.05, 0) is 30.2 Å². The first-order chi connectivity index (χ1) is 6.09. The van der Waals surface area contributed by atoms with Crippen molar-refractivity contribution in [1.29, 1.82) is 0 Å². The summed E-state index contributed by atoms with van der Waals surface area (Å²) in [5, 5.41) is 10.7. The summed E-state index contributed by atoms with van der Waals surface area (Å²) in [4.78, 5) is 10.1. The molecule has 0 amide bonds. The molecule has 0 aromatic heterocycles. The predicted molar refractivity (Wildman–Crippen MR) is 50.2 cm³/mol. The van der Waals surface area contributed by atoms with E-state index in [1.54, 1.807) is 12.1 Å². The number of hydrogen-bond donors (Lipinski definition) is 0. The number of benzene rings is 1. The fraction of sp³-hybridized carbons (Fsp3) is 0.100. The van der Waals surface area contributed by atoms with Crippen LogP contribution in [0.3, 0.4) is 0 Å². The SMILES string of the molecule is Cc1ccc(/C=C/C(=O)[O-])cc1Cl. The van der Waals surface area contributed by atoms with E-state index in [2.05, 4.69) is 0 Å². The zero-order valence-electron chi connectivity index (χ0n) is 7.08. The summed E-state index contributed by atoms with van der Waals surface area (Å²) in [5.74, 6) is -1.21. The van der Waals surface area contributed by atoms with E-state index in [-0.39, 0.29) is 0 Å². The molecule has 0 saturated carbocycles. The lowest BCUT2D eigenvalue weighted by atomic mass is 10.1. The number of halogens is 1. The third-order valence-corrected chi connectivity index (χ3v) is 2.01. The average molecular weight is 196 g/mol. The number of rotatable bonds is 2. The number of carbonyl (C=O) groups is 1. The number of hydrogen-bond acceptors (Lipinski definition) is 2. The van der Waals surface area contributed by atoms with Crippen molar-refractivity contribution in [2.75, 3.05) is 0 Å². The summed E-state index contributed by atoms with van der Waals surface area (Å²) in [7, 11) is 0. The number of aryl methyl sites for hydroxylation is 1. The Morgan fingerprint density at radius 2 is 2.23 bits per heavy atom. The smallest absolute Gasteiger partial charge is 0.0643 e. The fourth-order valence-corrected chi connectivity index (χ4v) is 1.07. The Labute approximate surface area is 81.5 Å². The molecule has 1 rings (SSSR count). The van der Waals surface area contributed by atoms with Crippen molar-refractivity contribution >= 4 is 23.6 Å². The quantitative estimate of drug-likeness (QED) is 0.670. The second kappa shape index (κ2) is 4.10. The van der Waals surface area contributed by atoms with Crippen LogP contribution in [0.4, 0.5) is 0 Å². The van der Waals surface area contributed by atoms with Crippen LogP contribution in [-0.2, 0) is 4.79 Å². The van der Waals surface area contributed by atoms with Gasteiger partial charge in [-0.2, -0.15) is 0 Å². The molecule has 0 N–H and O–H groups in total. The van der Waals surface area contributed by atoms with E-state index in [1.165, 1.54) is 6.08 Å². The first-order valence-electron chi connectivity index (χ1n) is 3.75. The number of carboxylic acid groups (broad SMARTS) is 1. The molecular weight excluding hydrogens is 188 g/mol. The van der Waals surface area contributed by atoms with Crippen molar-refractivity contribution in [2.24, 2.45) is 0 Å². The summed E-state index contributed by atoms with van der Waals surface area (Å²) >= 11 is 5.83. The zero-order chi connectivity index (χ0) is 9.84. The normalized spacial score (nSPS) is 10.6. The van der Waals surface area contributed by atoms with Gasteiger partial charge in [0, 0.05) is 5.02 Å². The maximum atomic E-state index is 10.1.